The summed E-state index contributed by atoms with van der Waals surface area (Å²) in [5.74, 6) is 0.696. The van der Waals surface area contributed by atoms with Crippen LogP contribution < -0.4 is 5.56 Å². The Morgan fingerprint density at radius 2 is 2.12 bits per heavy atom. The molecule has 4 rings (SSSR count). The second kappa shape index (κ2) is 6.30. The minimum atomic E-state index is -0.00326. The summed E-state index contributed by atoms with van der Waals surface area (Å²) < 4.78 is 0. The summed E-state index contributed by atoms with van der Waals surface area (Å²) in [6.07, 6.45) is 2.77. The van der Waals surface area contributed by atoms with Crippen LogP contribution in [0.15, 0.2) is 41.3 Å². The van der Waals surface area contributed by atoms with E-state index in [1.54, 1.807) is 11.3 Å². The van der Waals surface area contributed by atoms with E-state index in [-0.39, 0.29) is 5.56 Å². The normalized spacial score (nSPS) is 14.5. The van der Waals surface area contributed by atoms with Crippen LogP contribution in [-0.4, -0.2) is 26.4 Å². The molecule has 3 heterocycles. The van der Waals surface area contributed by atoms with Gasteiger partial charge >= 0.3 is 0 Å². The average Bonchev–Trinajstić information content (AvgIpc) is 3.05. The molecule has 0 atom stereocenters. The van der Waals surface area contributed by atoms with Gasteiger partial charge < -0.3 is 4.98 Å². The van der Waals surface area contributed by atoms with E-state index in [0.717, 1.165) is 41.3 Å². The summed E-state index contributed by atoms with van der Waals surface area (Å²) in [4.78, 5) is 27.5. The molecule has 1 aromatic carbocycles. The molecule has 0 saturated heterocycles. The van der Waals surface area contributed by atoms with Crippen molar-refractivity contribution in [2.45, 2.75) is 26.4 Å². The number of benzene rings is 1. The molecule has 1 aliphatic rings. The first-order valence-corrected chi connectivity index (χ1v) is 8.82. The molecule has 0 amide bonds. The van der Waals surface area contributed by atoms with Crippen LogP contribution in [0.3, 0.4) is 0 Å². The molecule has 5 nitrogen and oxygen atoms in total. The Morgan fingerprint density at radius 3 is 2.96 bits per heavy atom. The van der Waals surface area contributed by atoms with Crippen molar-refractivity contribution >= 4 is 11.3 Å². The van der Waals surface area contributed by atoms with E-state index < -0.39 is 0 Å². The summed E-state index contributed by atoms with van der Waals surface area (Å²) in [5.41, 5.74) is 2.90. The highest BCUT2D eigenvalue weighted by atomic mass is 32.1. The molecule has 0 bridgehead atoms. The van der Waals surface area contributed by atoms with Crippen LogP contribution in [0.25, 0.3) is 10.6 Å². The molecule has 6 heteroatoms. The highest BCUT2D eigenvalue weighted by Gasteiger charge is 2.21. The van der Waals surface area contributed by atoms with Crippen molar-refractivity contribution in [3.63, 3.8) is 0 Å². The molecule has 1 aliphatic heterocycles. The number of H-pyrrole nitrogens is 1. The Morgan fingerprint density at radius 1 is 1.29 bits per heavy atom. The number of nitrogens with one attached hydrogen (secondary N) is 1. The molecule has 0 unspecified atom stereocenters. The van der Waals surface area contributed by atoms with Crippen molar-refractivity contribution in [3.05, 3.63) is 68.8 Å². The molecule has 24 heavy (non-hydrogen) atoms. The number of hydrogen-bond acceptors (Lipinski definition) is 5. The van der Waals surface area contributed by atoms with Crippen LogP contribution in [0.1, 0.15) is 22.0 Å². The lowest BCUT2D eigenvalue weighted by Crippen LogP contribution is -2.35. The highest BCUT2D eigenvalue weighted by Crippen LogP contribution is 2.26. The van der Waals surface area contributed by atoms with E-state index in [9.17, 15) is 4.79 Å². The third-order valence-corrected chi connectivity index (χ3v) is 5.25. The summed E-state index contributed by atoms with van der Waals surface area (Å²) >= 11 is 1.71. The lowest BCUT2D eigenvalue weighted by atomic mass is 10.1. The molecule has 0 saturated carbocycles. The summed E-state index contributed by atoms with van der Waals surface area (Å²) in [6, 6.07) is 10.2. The fraction of sp³-hybridized carbons (Fsp3) is 0.278. The molecular formula is C18H18N4OS. The summed E-state index contributed by atoms with van der Waals surface area (Å²) in [5, 5.41) is 1.04. The SMILES string of the molecule is Cc1nc2c(c(=O)[nH]1)CN(Cc1cnc(-c3ccccc3)s1)CC2. The maximum atomic E-state index is 12.1. The van der Waals surface area contributed by atoms with Gasteiger partial charge in [0.05, 0.1) is 11.3 Å². The quantitative estimate of drug-likeness (QED) is 0.798. The highest BCUT2D eigenvalue weighted by molar-refractivity contribution is 7.15. The number of aromatic nitrogens is 3. The van der Waals surface area contributed by atoms with Crippen LogP contribution in [0.5, 0.6) is 0 Å². The number of thiazole rings is 1. The third kappa shape index (κ3) is 3.02. The lowest BCUT2D eigenvalue weighted by Gasteiger charge is -2.26. The first-order chi connectivity index (χ1) is 11.7. The van der Waals surface area contributed by atoms with E-state index in [1.165, 1.54) is 4.88 Å². The average molecular weight is 338 g/mol. The van der Waals surface area contributed by atoms with Gasteiger partial charge in [0, 0.05) is 42.7 Å². The first-order valence-electron chi connectivity index (χ1n) is 8.00. The largest absolute Gasteiger partial charge is 0.310 e. The minimum absolute atomic E-state index is 0.00326. The molecule has 0 spiro atoms. The smallest absolute Gasteiger partial charge is 0.255 e. The maximum Gasteiger partial charge on any atom is 0.255 e. The van der Waals surface area contributed by atoms with Crippen molar-refractivity contribution in [1.29, 1.82) is 0 Å². The van der Waals surface area contributed by atoms with Crippen LogP contribution >= 0.6 is 11.3 Å². The van der Waals surface area contributed by atoms with Gasteiger partial charge in [0.1, 0.15) is 10.8 Å². The standard InChI is InChI=1S/C18H18N4OS/c1-12-20-16-7-8-22(11-15(16)17(23)21-12)10-14-9-19-18(24-14)13-5-3-2-4-6-13/h2-6,9H,7-8,10-11H2,1H3,(H,20,21,23). The van der Waals surface area contributed by atoms with Crippen molar-refractivity contribution in [2.75, 3.05) is 6.54 Å². The van der Waals surface area contributed by atoms with Gasteiger partial charge in [0.15, 0.2) is 0 Å². The maximum absolute atomic E-state index is 12.1. The Hall–Kier alpha value is -2.31. The number of aromatic amines is 1. The van der Waals surface area contributed by atoms with Gasteiger partial charge in [0.25, 0.3) is 5.56 Å². The van der Waals surface area contributed by atoms with Crippen LogP contribution in [-0.2, 0) is 19.5 Å². The van der Waals surface area contributed by atoms with Crippen LogP contribution in [0.4, 0.5) is 0 Å². The Labute approximate surface area is 144 Å². The predicted octanol–water partition coefficient (Wildman–Crippen LogP) is 2.76. The first kappa shape index (κ1) is 15.2. The van der Waals surface area contributed by atoms with E-state index in [4.69, 9.17) is 0 Å². The van der Waals surface area contributed by atoms with Gasteiger partial charge in [-0.25, -0.2) is 9.97 Å². The summed E-state index contributed by atoms with van der Waals surface area (Å²) in [6.45, 7) is 4.21. The fourth-order valence-electron chi connectivity index (χ4n) is 3.06. The van der Waals surface area contributed by atoms with E-state index in [2.05, 4.69) is 32.0 Å². The molecular weight excluding hydrogens is 320 g/mol. The van der Waals surface area contributed by atoms with E-state index >= 15 is 0 Å². The molecule has 1 N–H and O–H groups in total. The number of fused-ring (bicyclic) bond motifs is 1. The molecule has 0 aliphatic carbocycles. The van der Waals surface area contributed by atoms with E-state index in [0.29, 0.717) is 12.4 Å². The van der Waals surface area contributed by atoms with E-state index in [1.807, 2.05) is 31.3 Å². The van der Waals surface area contributed by atoms with Crippen molar-refractivity contribution in [2.24, 2.45) is 0 Å². The third-order valence-electron chi connectivity index (χ3n) is 4.22. The van der Waals surface area contributed by atoms with Crippen LogP contribution in [0.2, 0.25) is 0 Å². The monoisotopic (exact) mass is 338 g/mol. The second-order valence-electron chi connectivity index (χ2n) is 6.03. The number of rotatable bonds is 3. The molecule has 2 aromatic heterocycles. The topological polar surface area (TPSA) is 61.9 Å². The molecule has 0 fully saturated rings. The fourth-order valence-corrected chi connectivity index (χ4v) is 4.02. The minimum Gasteiger partial charge on any atom is -0.310 e. The zero-order valence-electron chi connectivity index (χ0n) is 13.5. The number of nitrogens with zero attached hydrogens (tertiary/aromatic N) is 3. The zero-order valence-corrected chi connectivity index (χ0v) is 14.3. The van der Waals surface area contributed by atoms with Crippen LogP contribution in [0, 0.1) is 6.92 Å². The van der Waals surface area contributed by atoms with Gasteiger partial charge in [-0.2, -0.15) is 0 Å². The Kier molecular flexibility index (Phi) is 4.00. The predicted molar refractivity (Wildman–Crippen MR) is 95.0 cm³/mol. The molecule has 3 aromatic rings. The van der Waals surface area contributed by atoms with Crippen molar-refractivity contribution < 1.29 is 0 Å². The molecule has 0 radical (unpaired) electrons. The zero-order chi connectivity index (χ0) is 16.5. The van der Waals surface area contributed by atoms with Gasteiger partial charge in [-0.05, 0) is 6.92 Å². The number of aryl methyl sites for hydroxylation is 1. The van der Waals surface area contributed by atoms with Gasteiger partial charge in [0.2, 0.25) is 0 Å². The van der Waals surface area contributed by atoms with Crippen molar-refractivity contribution in [3.8, 4) is 10.6 Å². The summed E-state index contributed by atoms with van der Waals surface area (Å²) in [7, 11) is 0. The molecule has 122 valence electrons. The van der Waals surface area contributed by atoms with Gasteiger partial charge in [-0.15, -0.1) is 11.3 Å². The lowest BCUT2D eigenvalue weighted by molar-refractivity contribution is 0.243. The Bertz CT molecular complexity index is 916. The Balaban J connectivity index is 1.51. The number of hydrogen-bond donors (Lipinski definition) is 1. The second-order valence-corrected chi connectivity index (χ2v) is 7.15. The van der Waals surface area contributed by atoms with Gasteiger partial charge in [-0.3, -0.25) is 9.69 Å². The van der Waals surface area contributed by atoms with Crippen molar-refractivity contribution in [1.82, 2.24) is 19.9 Å². The van der Waals surface area contributed by atoms with Gasteiger partial charge in [-0.1, -0.05) is 30.3 Å².